The van der Waals surface area contributed by atoms with Crippen LogP contribution in [0.15, 0.2) is 30.3 Å². The van der Waals surface area contributed by atoms with Crippen molar-refractivity contribution in [2.75, 3.05) is 52.4 Å². The fourth-order valence-corrected chi connectivity index (χ4v) is 14.5. The molecule has 0 aliphatic rings. The molecule has 0 aliphatic carbocycles. The maximum absolute atomic E-state index is 15.3. The van der Waals surface area contributed by atoms with E-state index >= 15 is 28.8 Å². The van der Waals surface area contributed by atoms with E-state index < -0.39 is 246 Å². The summed E-state index contributed by atoms with van der Waals surface area (Å²) in [5.41, 5.74) is 61.8. The van der Waals surface area contributed by atoms with Crippen molar-refractivity contribution in [3.63, 3.8) is 0 Å². The lowest BCUT2D eigenvalue weighted by molar-refractivity contribution is -0.136. The van der Waals surface area contributed by atoms with E-state index in [1.54, 1.807) is 71.9 Å². The maximum atomic E-state index is 15.3. The molecule has 0 fully saturated rings. The number of hydrogen-bond donors (Lipinski definition) is 41. The van der Waals surface area contributed by atoms with Crippen molar-refractivity contribution < 1.29 is 81.5 Å². The topological polar surface area (TPSA) is 1030 Å². The first-order chi connectivity index (χ1) is 68.2. The van der Waals surface area contributed by atoms with Gasteiger partial charge in [0.2, 0.25) is 100 Å². The molecule has 0 bridgehead atoms. The number of hydrogen-bond acceptors (Lipinski definition) is 25. The standard InChI is InChI=1S/C87H159N41O17/c1-45(2)41-60(115-48(7)129)76(142)125-58(29-31-64(88)130)74(140)124-59(30-32-65(89)131)75(141)126-61(42-46(3)4)77(143)127-62(43-47(5)6)78(144)128-63(44-49-19-9-8-10-20-49)79(145)123-57(28-18-40-114-87(105)106)73(139)122-56(27-17-39-113-86(103)104)72(138)121-55(26-16-38-112-85(101)102)71(137)120-54(25-15-37-111-84(99)100)70(136)119-53(24-14-36-110-83(97)98)69(135)118-52(23-13-35-109-82(95)96)68(134)117-51(22-12-34-108-81(93)94)67(133)116-50(66(90)132)21-11-33-107-80(91)92/h8-10,19-20,45-47,50-63H,11-18,21-44H2,1-7H3,(H2,88,130)(H2,89,131)(H2,90,132)(H,115,129)(H,116,133)(H,117,134)(H,118,135)(H,119,136)(H,120,137)(H,121,138)(H,122,139)(H,123,145)(H,124,140)(H,125,142)(H,126,141)(H,127,143)(H,128,144)(H4,91,92,107)(H4,93,94,108)(H4,95,96,109)(H4,97,98,110)(H4,99,100,111)(H4,101,102,112)(H4,103,104,113)(H4,105,106,114)/t50-,51-,52-,53-,54-,55-,56-,57-,58-,59-,60-,61-,62-,63-/m0/s1. The van der Waals surface area contributed by atoms with Gasteiger partial charge in [0, 0.05) is 78.5 Å². The molecule has 1 aromatic rings. The van der Waals surface area contributed by atoms with Crippen molar-refractivity contribution in [2.45, 2.75) is 287 Å². The van der Waals surface area contributed by atoms with Gasteiger partial charge in [-0.2, -0.15) is 0 Å². The van der Waals surface area contributed by atoms with Crippen LogP contribution < -0.4 is 180 Å². The Hall–Kier alpha value is -15.6. The normalized spacial score (nSPS) is 13.8. The predicted molar refractivity (Wildman–Crippen MR) is 540 cm³/mol. The SMILES string of the molecule is CC(=O)N[C@@H](CC(C)C)C(=O)N[C@@H](CCC(N)=O)C(=O)N[C@@H](CCC(N)=O)C(=O)N[C@@H](CC(C)C)C(=O)N[C@@H](CC(C)C)C(=O)N[C@@H](Cc1ccccc1)C(=O)N[C@@H](CCCNC(=N)N)C(=O)N[C@@H](CCCNC(=N)N)C(=O)N[C@@H](CCCNC(=N)N)C(=O)N[C@@H](CCCNC(=N)N)C(=O)N[C@@H](CCCNC(=N)N)C(=O)N[C@@H](CCCNC(=N)N)C(=O)N[C@@H](CCCNC(=N)N)C(=O)N[C@@H](CCCNC(=N)N)C(N)=O. The van der Waals surface area contributed by atoms with Gasteiger partial charge in [-0.25, -0.2) is 0 Å². The highest BCUT2D eigenvalue weighted by Gasteiger charge is 2.40. The molecule has 58 nitrogen and oxygen atoms in total. The average molecular weight is 2050 g/mol. The highest BCUT2D eigenvalue weighted by atomic mass is 16.2. The molecule has 0 aromatic heterocycles. The molecule has 814 valence electrons. The van der Waals surface area contributed by atoms with Gasteiger partial charge in [0.15, 0.2) is 47.7 Å². The molecular formula is C87H159N41O17. The minimum Gasteiger partial charge on any atom is -0.370 e. The molecule has 17 amide bonds. The van der Waals surface area contributed by atoms with E-state index in [4.69, 9.17) is 106 Å². The second-order valence-corrected chi connectivity index (χ2v) is 35.9. The lowest BCUT2D eigenvalue weighted by Crippen LogP contribution is -2.61. The summed E-state index contributed by atoms with van der Waals surface area (Å²) in [6, 6.07) is -13.4. The first kappa shape index (κ1) is 127. The predicted octanol–water partition coefficient (Wildman–Crippen LogP) is -10.7. The Kier molecular flexibility index (Phi) is 61.6. The Morgan fingerprint density at radius 1 is 0.228 bits per heavy atom. The molecule has 0 aliphatic heterocycles. The van der Waals surface area contributed by atoms with Crippen LogP contribution in [-0.2, 0) is 87.9 Å². The van der Waals surface area contributed by atoms with E-state index in [-0.39, 0.29) is 211 Å². The molecule has 1 rings (SSSR count). The van der Waals surface area contributed by atoms with Gasteiger partial charge in [0.05, 0.1) is 0 Å². The number of rotatable bonds is 74. The van der Waals surface area contributed by atoms with Crippen molar-refractivity contribution in [3.05, 3.63) is 35.9 Å². The third-order valence-electron chi connectivity index (χ3n) is 21.6. The monoisotopic (exact) mass is 2050 g/mol. The van der Waals surface area contributed by atoms with Crippen LogP contribution in [-0.4, -0.2) is 285 Å². The highest BCUT2D eigenvalue weighted by molar-refractivity contribution is 6.01. The van der Waals surface area contributed by atoms with E-state index in [0.717, 1.165) is 0 Å². The number of amides is 17. The number of carbonyl (C=O) groups excluding carboxylic acids is 17. The van der Waals surface area contributed by atoms with Crippen LogP contribution >= 0.6 is 0 Å². The zero-order valence-electron chi connectivity index (χ0n) is 83.6. The second kappa shape index (κ2) is 70.1. The number of primary amides is 3. The van der Waals surface area contributed by atoms with Gasteiger partial charge in [0.1, 0.15) is 84.6 Å². The first-order valence-corrected chi connectivity index (χ1v) is 47.9. The summed E-state index contributed by atoms with van der Waals surface area (Å²) >= 11 is 0. The van der Waals surface area contributed by atoms with Gasteiger partial charge >= 0.3 is 0 Å². The first-order valence-electron chi connectivity index (χ1n) is 47.9. The third kappa shape index (κ3) is 59.0. The highest BCUT2D eigenvalue weighted by Crippen LogP contribution is 2.17. The fraction of sp³-hybridized carbons (Fsp3) is 0.644. The van der Waals surface area contributed by atoms with Crippen LogP contribution in [0.25, 0.3) is 0 Å². The lowest BCUT2D eigenvalue weighted by Gasteiger charge is -2.29. The molecular weight excluding hydrogens is 1890 g/mol. The Morgan fingerprint density at radius 3 is 0.579 bits per heavy atom. The molecule has 0 heterocycles. The van der Waals surface area contributed by atoms with Gasteiger partial charge < -0.3 is 180 Å². The molecule has 1 aromatic carbocycles. The van der Waals surface area contributed by atoms with Crippen LogP contribution in [0.4, 0.5) is 0 Å². The van der Waals surface area contributed by atoms with Crippen molar-refractivity contribution in [3.8, 4) is 0 Å². The van der Waals surface area contributed by atoms with E-state index in [1.807, 2.05) is 0 Å². The van der Waals surface area contributed by atoms with Crippen LogP contribution in [0, 0.1) is 61.0 Å². The molecule has 52 N–H and O–H groups in total. The van der Waals surface area contributed by atoms with Gasteiger partial charge in [-0.05, 0) is 158 Å². The summed E-state index contributed by atoms with van der Waals surface area (Å²) in [5.74, 6) is -20.7. The lowest BCUT2D eigenvalue weighted by atomic mass is 9.98. The van der Waals surface area contributed by atoms with Crippen molar-refractivity contribution in [2.24, 2.45) is 80.8 Å². The minimum absolute atomic E-state index is 0.00946. The van der Waals surface area contributed by atoms with E-state index in [0.29, 0.717) is 5.56 Å². The largest absolute Gasteiger partial charge is 0.370 e. The Bertz CT molecular complexity index is 4490. The molecule has 0 saturated heterocycles. The number of benzene rings is 1. The summed E-state index contributed by atoms with van der Waals surface area (Å²) < 4.78 is 0. The average Bonchev–Trinajstić information content (AvgIpc) is 0.793. The fourth-order valence-electron chi connectivity index (χ4n) is 14.5. The van der Waals surface area contributed by atoms with Gasteiger partial charge in [0.25, 0.3) is 0 Å². The Morgan fingerprint density at radius 2 is 0.393 bits per heavy atom. The molecule has 0 saturated carbocycles. The molecule has 14 atom stereocenters. The van der Waals surface area contributed by atoms with Crippen LogP contribution in [0.2, 0.25) is 0 Å². The summed E-state index contributed by atoms with van der Waals surface area (Å²) in [5, 5.41) is 119. The van der Waals surface area contributed by atoms with Gasteiger partial charge in [-0.3, -0.25) is 125 Å². The quantitative estimate of drug-likeness (QED) is 0.0164. The van der Waals surface area contributed by atoms with E-state index in [2.05, 4.69) is 117 Å². The zero-order chi connectivity index (χ0) is 110. The number of carbonyl (C=O) groups is 17. The molecule has 0 unspecified atom stereocenters. The molecule has 0 radical (unpaired) electrons. The maximum Gasteiger partial charge on any atom is 0.243 e. The van der Waals surface area contributed by atoms with Crippen LogP contribution in [0.3, 0.4) is 0 Å². The summed E-state index contributed by atoms with van der Waals surface area (Å²) in [6.45, 7) is 11.3. The minimum atomic E-state index is -1.69. The number of guanidine groups is 8. The summed E-state index contributed by atoms with van der Waals surface area (Å²) in [6.07, 6.45) is -4.09. The Labute approximate surface area is 842 Å². The van der Waals surface area contributed by atoms with Crippen LogP contribution in [0.5, 0.6) is 0 Å². The third-order valence-corrected chi connectivity index (χ3v) is 21.6. The van der Waals surface area contributed by atoms with Gasteiger partial charge in [-0.15, -0.1) is 0 Å². The number of nitrogens with two attached hydrogens (primary N) is 11. The zero-order valence-corrected chi connectivity index (χ0v) is 83.6. The van der Waals surface area contributed by atoms with Gasteiger partial charge in [-0.1, -0.05) is 71.9 Å². The van der Waals surface area contributed by atoms with Crippen molar-refractivity contribution >= 4 is 148 Å². The number of nitrogens with one attached hydrogen (secondary N) is 30. The Balaban J connectivity index is 4.26. The van der Waals surface area contributed by atoms with Crippen molar-refractivity contribution in [1.82, 2.24) is 117 Å². The van der Waals surface area contributed by atoms with Crippen molar-refractivity contribution in [1.29, 1.82) is 43.3 Å². The van der Waals surface area contributed by atoms with Crippen LogP contribution in [0.1, 0.15) is 202 Å². The van der Waals surface area contributed by atoms with E-state index in [9.17, 15) is 52.7 Å². The van der Waals surface area contributed by atoms with E-state index in [1.165, 1.54) is 6.92 Å². The molecule has 0 spiro atoms. The molecule has 145 heavy (non-hydrogen) atoms. The molecule has 58 heteroatoms. The summed E-state index contributed by atoms with van der Waals surface area (Å²) in [4.78, 5) is 242. The smallest absolute Gasteiger partial charge is 0.243 e. The summed E-state index contributed by atoms with van der Waals surface area (Å²) in [7, 11) is 0. The second-order valence-electron chi connectivity index (χ2n) is 35.9.